The smallest absolute Gasteiger partial charge is 0.261 e. The first-order valence-corrected chi connectivity index (χ1v) is 9.32. The number of phenolic OH excluding ortho intramolecular Hbond substituents is 1. The minimum absolute atomic E-state index is 0.107. The quantitative estimate of drug-likeness (QED) is 0.729. The van der Waals surface area contributed by atoms with E-state index in [0.717, 1.165) is 30.7 Å². The van der Waals surface area contributed by atoms with Gasteiger partial charge in [-0.15, -0.1) is 0 Å². The van der Waals surface area contributed by atoms with Crippen LogP contribution in [0.15, 0.2) is 37.1 Å². The summed E-state index contributed by atoms with van der Waals surface area (Å²) in [5, 5.41) is 11.2. The summed E-state index contributed by atoms with van der Waals surface area (Å²) in [6.45, 7) is 0. The molecule has 3 aliphatic rings. The van der Waals surface area contributed by atoms with Crippen LogP contribution in [0.4, 0.5) is 0 Å². The van der Waals surface area contributed by atoms with E-state index in [2.05, 4.69) is 25.9 Å². The first-order valence-electron chi connectivity index (χ1n) is 7.34. The van der Waals surface area contributed by atoms with Crippen LogP contribution in [0, 0.1) is 5.92 Å². The zero-order chi connectivity index (χ0) is 16.1. The van der Waals surface area contributed by atoms with Crippen LogP contribution in [0.2, 0.25) is 5.02 Å². The van der Waals surface area contributed by atoms with Gasteiger partial charge in [-0.25, -0.2) is 4.99 Å². The Kier molecular flexibility index (Phi) is 3.86. The number of carbonyl (C=O) groups excluding carboxylic acids is 1. The number of aliphatic imine (C=N–C) groups is 2. The lowest BCUT2D eigenvalue weighted by Gasteiger charge is -2.18. The van der Waals surface area contributed by atoms with E-state index in [1.807, 2.05) is 0 Å². The molecule has 0 bridgehead atoms. The maximum Gasteiger partial charge on any atom is 0.261 e. The van der Waals surface area contributed by atoms with Crippen LogP contribution in [0.25, 0.3) is 0 Å². The maximum atomic E-state index is 12.6. The molecule has 0 spiro atoms. The van der Waals surface area contributed by atoms with Crippen LogP contribution < -0.4 is 0 Å². The summed E-state index contributed by atoms with van der Waals surface area (Å²) in [6.07, 6.45) is 4.26. The van der Waals surface area contributed by atoms with Crippen LogP contribution in [0.1, 0.15) is 31.2 Å². The summed E-state index contributed by atoms with van der Waals surface area (Å²) in [5.74, 6) is -0.372. The van der Waals surface area contributed by atoms with Crippen LogP contribution >= 0.6 is 39.3 Å². The number of carbonyl (C=O) groups is 1. The third-order valence-electron chi connectivity index (χ3n) is 4.23. The van der Waals surface area contributed by atoms with Crippen molar-refractivity contribution in [3.8, 4) is 5.75 Å². The van der Waals surface area contributed by atoms with Crippen LogP contribution in [0.3, 0.4) is 0 Å². The van der Waals surface area contributed by atoms with Gasteiger partial charge in [0.1, 0.15) is 11.7 Å². The second-order valence-corrected chi connectivity index (χ2v) is 8.14. The van der Waals surface area contributed by atoms with Gasteiger partial charge in [-0.05, 0) is 48.3 Å². The Morgan fingerprint density at radius 3 is 2.87 bits per heavy atom. The van der Waals surface area contributed by atoms with E-state index >= 15 is 0 Å². The number of fused-ring (bicyclic) bond motifs is 2. The maximum absolute atomic E-state index is 12.6. The second kappa shape index (κ2) is 5.76. The molecular weight excluding hydrogens is 400 g/mol. The highest BCUT2D eigenvalue weighted by Crippen LogP contribution is 2.47. The molecule has 0 aromatic heterocycles. The van der Waals surface area contributed by atoms with Gasteiger partial charge in [-0.1, -0.05) is 39.3 Å². The van der Waals surface area contributed by atoms with Crippen molar-refractivity contribution < 1.29 is 9.90 Å². The zero-order valence-electron chi connectivity index (χ0n) is 12.0. The topological polar surface area (TPSA) is 62.0 Å². The molecule has 1 unspecified atom stereocenters. The number of aromatic hydroxyl groups is 1. The van der Waals surface area contributed by atoms with Crippen molar-refractivity contribution in [2.45, 2.75) is 25.7 Å². The molecule has 0 saturated heterocycles. The first-order chi connectivity index (χ1) is 11.0. The number of hydrogen-bond donors (Lipinski definition) is 1. The van der Waals surface area contributed by atoms with Crippen LogP contribution in [-0.2, 0) is 4.79 Å². The highest BCUT2D eigenvalue weighted by atomic mass is 79.9. The number of benzene rings is 1. The van der Waals surface area contributed by atoms with Gasteiger partial charge >= 0.3 is 0 Å². The Labute approximate surface area is 150 Å². The predicted octanol–water partition coefficient (Wildman–Crippen LogP) is 4.68. The molecule has 1 N–H and O–H groups in total. The Balaban J connectivity index is 1.77. The number of rotatable bonds is 1. The van der Waals surface area contributed by atoms with Gasteiger partial charge in [0.05, 0.1) is 15.6 Å². The molecule has 1 amide bonds. The molecule has 1 aromatic rings. The lowest BCUT2D eigenvalue weighted by molar-refractivity contribution is -0.118. The van der Waals surface area contributed by atoms with Gasteiger partial charge < -0.3 is 5.11 Å². The van der Waals surface area contributed by atoms with E-state index in [0.29, 0.717) is 10.0 Å². The number of amidine groups is 1. The molecule has 2 aliphatic heterocycles. The number of halogens is 2. The van der Waals surface area contributed by atoms with Crippen LogP contribution in [-0.4, -0.2) is 21.9 Å². The molecule has 1 atom stereocenters. The van der Waals surface area contributed by atoms with Crippen molar-refractivity contribution in [2.24, 2.45) is 15.9 Å². The molecule has 0 saturated carbocycles. The average molecular weight is 412 g/mol. The largest absolute Gasteiger partial charge is 0.506 e. The fourth-order valence-corrected chi connectivity index (χ4v) is 5.31. The van der Waals surface area contributed by atoms with E-state index in [9.17, 15) is 9.90 Å². The van der Waals surface area contributed by atoms with Crippen molar-refractivity contribution >= 4 is 56.1 Å². The summed E-state index contributed by atoms with van der Waals surface area (Å²) in [4.78, 5) is 22.5. The highest BCUT2D eigenvalue weighted by Gasteiger charge is 2.41. The lowest BCUT2D eigenvalue weighted by Crippen LogP contribution is -2.26. The SMILES string of the molecule is O=C1N=C(c2cc(Br)cc(Cl)c2O)N=C2SC3=C(CCCC3)C12. The third-order valence-corrected chi connectivity index (χ3v) is 6.22. The van der Waals surface area contributed by atoms with Crippen molar-refractivity contribution in [3.05, 3.63) is 37.7 Å². The molecule has 1 aromatic carbocycles. The standard InChI is InChI=1S/C16H12BrClN2O2S/c17-7-5-9(13(21)10(18)6-7)14-19-15(22)12-8-3-1-2-4-11(8)23-16(12)20-14/h5-6,12,21H,1-4H2. The fourth-order valence-electron chi connectivity index (χ4n) is 3.15. The van der Waals surface area contributed by atoms with Crippen molar-refractivity contribution in [1.82, 2.24) is 0 Å². The van der Waals surface area contributed by atoms with E-state index in [1.165, 1.54) is 10.5 Å². The molecule has 1 aliphatic carbocycles. The summed E-state index contributed by atoms with van der Waals surface area (Å²) in [7, 11) is 0. The fraction of sp³-hybridized carbons (Fsp3) is 0.312. The van der Waals surface area contributed by atoms with E-state index in [4.69, 9.17) is 11.6 Å². The molecule has 4 rings (SSSR count). The normalized spacial score (nSPS) is 23.4. The van der Waals surface area contributed by atoms with Gasteiger partial charge in [0.15, 0.2) is 5.84 Å². The summed E-state index contributed by atoms with van der Waals surface area (Å²) >= 11 is 10.9. The summed E-state index contributed by atoms with van der Waals surface area (Å²) in [5.41, 5.74) is 1.57. The summed E-state index contributed by atoms with van der Waals surface area (Å²) < 4.78 is 0.698. The average Bonchev–Trinajstić information content (AvgIpc) is 2.89. The monoisotopic (exact) mass is 410 g/mol. The third kappa shape index (κ3) is 2.57. The number of nitrogens with zero attached hydrogens (tertiary/aromatic N) is 2. The molecule has 4 nitrogen and oxygen atoms in total. The lowest BCUT2D eigenvalue weighted by atomic mass is 9.89. The van der Waals surface area contributed by atoms with Crippen LogP contribution in [0.5, 0.6) is 5.75 Å². The van der Waals surface area contributed by atoms with Crippen molar-refractivity contribution in [3.63, 3.8) is 0 Å². The number of allylic oxidation sites excluding steroid dienone is 1. The predicted molar refractivity (Wildman–Crippen MR) is 96.4 cm³/mol. The molecule has 0 radical (unpaired) electrons. The number of phenols is 1. The Morgan fingerprint density at radius 1 is 1.26 bits per heavy atom. The number of hydrogen-bond acceptors (Lipinski definition) is 4. The first kappa shape index (κ1) is 15.4. The van der Waals surface area contributed by atoms with Crippen molar-refractivity contribution in [2.75, 3.05) is 0 Å². The summed E-state index contributed by atoms with van der Waals surface area (Å²) in [6, 6.07) is 3.26. The number of amides is 1. The van der Waals surface area contributed by atoms with Gasteiger partial charge in [-0.2, -0.15) is 4.99 Å². The second-order valence-electron chi connectivity index (χ2n) is 5.70. The zero-order valence-corrected chi connectivity index (χ0v) is 15.1. The van der Waals surface area contributed by atoms with Gasteiger partial charge in [-0.3, -0.25) is 4.79 Å². The minimum Gasteiger partial charge on any atom is -0.506 e. The molecular formula is C16H12BrClN2O2S. The van der Waals surface area contributed by atoms with E-state index in [1.54, 1.807) is 23.9 Å². The Hall–Kier alpha value is -1.11. The van der Waals surface area contributed by atoms with Crippen molar-refractivity contribution in [1.29, 1.82) is 0 Å². The molecule has 23 heavy (non-hydrogen) atoms. The van der Waals surface area contributed by atoms with E-state index < -0.39 is 0 Å². The minimum atomic E-state index is -0.302. The van der Waals surface area contributed by atoms with E-state index in [-0.39, 0.29) is 28.4 Å². The Morgan fingerprint density at radius 2 is 2.04 bits per heavy atom. The highest BCUT2D eigenvalue weighted by molar-refractivity contribution is 9.10. The van der Waals surface area contributed by atoms with Gasteiger partial charge in [0.25, 0.3) is 5.91 Å². The van der Waals surface area contributed by atoms with Gasteiger partial charge in [0.2, 0.25) is 0 Å². The molecule has 118 valence electrons. The molecule has 0 fully saturated rings. The van der Waals surface area contributed by atoms with Gasteiger partial charge in [0, 0.05) is 4.47 Å². The number of thioether (sulfide) groups is 1. The molecule has 7 heteroatoms. The molecule has 2 heterocycles. The Bertz CT molecular complexity index is 832.